The van der Waals surface area contributed by atoms with E-state index in [-0.39, 0.29) is 11.4 Å². The third-order valence-electron chi connectivity index (χ3n) is 5.68. The number of carboxylic acids is 2. The third kappa shape index (κ3) is 7.66. The Hall–Kier alpha value is -2.75. The highest BCUT2D eigenvalue weighted by molar-refractivity contribution is 7.09. The largest absolute Gasteiger partial charge is 0.473 e. The predicted octanol–water partition coefficient (Wildman–Crippen LogP) is 3.37. The molecule has 0 unspecified atom stereocenters. The Morgan fingerprint density at radius 3 is 2.18 bits per heavy atom. The number of benzene rings is 1. The van der Waals surface area contributed by atoms with Gasteiger partial charge in [-0.1, -0.05) is 31.2 Å². The zero-order chi connectivity index (χ0) is 24.3. The predicted molar refractivity (Wildman–Crippen MR) is 128 cm³/mol. The number of hydrogen-bond acceptors (Lipinski definition) is 6. The van der Waals surface area contributed by atoms with E-state index >= 15 is 0 Å². The van der Waals surface area contributed by atoms with Gasteiger partial charge in [-0.05, 0) is 42.8 Å². The molecule has 2 heterocycles. The number of aliphatic carboxylic acids is 2. The van der Waals surface area contributed by atoms with Crippen molar-refractivity contribution >= 4 is 34.9 Å². The maximum atomic E-state index is 12.9. The SMILES string of the molecule is CCC(=O)N(c1ccccc1)C1(COC)CCN(CCc2cccs2)CC1.O=C(O)C(=O)O. The van der Waals surface area contributed by atoms with Crippen molar-refractivity contribution in [1.29, 1.82) is 0 Å². The number of para-hydroxylation sites is 1. The van der Waals surface area contributed by atoms with Crippen molar-refractivity contribution in [3.05, 3.63) is 52.7 Å². The Balaban J connectivity index is 0.000000569. The monoisotopic (exact) mass is 476 g/mol. The number of methoxy groups -OCH3 is 1. The van der Waals surface area contributed by atoms with Gasteiger partial charge in [0.2, 0.25) is 5.91 Å². The number of piperidine rings is 1. The lowest BCUT2D eigenvalue weighted by Crippen LogP contribution is -2.60. The van der Waals surface area contributed by atoms with Gasteiger partial charge >= 0.3 is 11.9 Å². The number of carbonyl (C=O) groups is 3. The summed E-state index contributed by atoms with van der Waals surface area (Å²) in [5.41, 5.74) is 0.719. The number of rotatable bonds is 8. The standard InChI is InChI=1S/C22H30N2O2S.C2H2O4/c1-3-21(25)24(19-8-5-4-6-9-19)22(18-26-2)12-15-23(16-13-22)14-11-20-10-7-17-27-20;3-1(4)2(5)6/h4-10,17H,3,11-16,18H2,1-2H3;(H,3,4)(H,5,6). The first-order chi connectivity index (χ1) is 15.8. The minimum Gasteiger partial charge on any atom is -0.473 e. The van der Waals surface area contributed by atoms with Crippen LogP contribution in [0.25, 0.3) is 0 Å². The molecule has 0 bridgehead atoms. The molecule has 1 aliphatic rings. The molecule has 2 N–H and O–H groups in total. The maximum absolute atomic E-state index is 12.9. The second kappa shape index (κ2) is 13.1. The van der Waals surface area contributed by atoms with E-state index in [2.05, 4.69) is 22.4 Å². The topological polar surface area (TPSA) is 107 Å². The van der Waals surface area contributed by atoms with Gasteiger partial charge in [0.1, 0.15) is 0 Å². The molecule has 0 saturated carbocycles. The van der Waals surface area contributed by atoms with E-state index in [4.69, 9.17) is 24.5 Å². The fraction of sp³-hybridized carbons (Fsp3) is 0.458. The Morgan fingerprint density at radius 2 is 1.70 bits per heavy atom. The van der Waals surface area contributed by atoms with E-state index in [0.717, 1.165) is 44.6 Å². The molecule has 0 radical (unpaired) electrons. The molecular formula is C24H32N2O6S. The molecule has 0 aliphatic carbocycles. The van der Waals surface area contributed by atoms with Crippen molar-refractivity contribution in [3.63, 3.8) is 0 Å². The molecule has 0 atom stereocenters. The molecule has 1 fully saturated rings. The first-order valence-corrected chi connectivity index (χ1v) is 11.8. The first kappa shape index (κ1) is 26.5. The van der Waals surface area contributed by atoms with Gasteiger partial charge < -0.3 is 24.7 Å². The number of ether oxygens (including phenoxy) is 1. The van der Waals surface area contributed by atoms with Gasteiger partial charge in [0.05, 0.1) is 12.1 Å². The van der Waals surface area contributed by atoms with Gasteiger partial charge in [-0.25, -0.2) is 9.59 Å². The number of carbonyl (C=O) groups excluding carboxylic acids is 1. The van der Waals surface area contributed by atoms with E-state index < -0.39 is 11.9 Å². The van der Waals surface area contributed by atoms with Crippen LogP contribution in [-0.4, -0.2) is 71.8 Å². The molecular weight excluding hydrogens is 444 g/mol. The van der Waals surface area contributed by atoms with Crippen molar-refractivity contribution in [2.45, 2.75) is 38.1 Å². The Bertz CT molecular complexity index is 868. The summed E-state index contributed by atoms with van der Waals surface area (Å²) in [6.07, 6.45) is 3.48. The van der Waals surface area contributed by atoms with Crippen molar-refractivity contribution < 1.29 is 29.3 Å². The molecule has 2 aromatic rings. The number of nitrogens with zero attached hydrogens (tertiary/aromatic N) is 2. The number of likely N-dealkylation sites (tertiary alicyclic amines) is 1. The average molecular weight is 477 g/mol. The van der Waals surface area contributed by atoms with Crippen molar-refractivity contribution in [1.82, 2.24) is 4.90 Å². The first-order valence-electron chi connectivity index (χ1n) is 10.9. The van der Waals surface area contributed by atoms with Gasteiger partial charge in [-0.3, -0.25) is 4.79 Å². The molecule has 8 nitrogen and oxygen atoms in total. The van der Waals surface area contributed by atoms with Crippen LogP contribution in [0.2, 0.25) is 0 Å². The second-order valence-corrected chi connectivity index (χ2v) is 8.89. The van der Waals surface area contributed by atoms with E-state index in [1.807, 2.05) is 53.5 Å². The smallest absolute Gasteiger partial charge is 0.414 e. The molecule has 180 valence electrons. The van der Waals surface area contributed by atoms with E-state index in [0.29, 0.717) is 13.0 Å². The molecule has 0 spiro atoms. The van der Waals surface area contributed by atoms with Gasteiger partial charge in [-0.15, -0.1) is 11.3 Å². The van der Waals surface area contributed by atoms with Crippen molar-refractivity contribution in [2.75, 3.05) is 38.3 Å². The van der Waals surface area contributed by atoms with Crippen LogP contribution in [0, 0.1) is 0 Å². The Morgan fingerprint density at radius 1 is 1.06 bits per heavy atom. The lowest BCUT2D eigenvalue weighted by molar-refractivity contribution is -0.159. The molecule has 1 aromatic carbocycles. The molecule has 1 saturated heterocycles. The van der Waals surface area contributed by atoms with Crippen LogP contribution in [0.3, 0.4) is 0 Å². The average Bonchev–Trinajstić information content (AvgIpc) is 3.34. The normalized spacial score (nSPS) is 15.2. The van der Waals surface area contributed by atoms with Crippen LogP contribution in [0.5, 0.6) is 0 Å². The van der Waals surface area contributed by atoms with E-state index in [1.54, 1.807) is 7.11 Å². The summed E-state index contributed by atoms with van der Waals surface area (Å²) >= 11 is 1.83. The Labute approximate surface area is 198 Å². The third-order valence-corrected chi connectivity index (χ3v) is 6.61. The summed E-state index contributed by atoms with van der Waals surface area (Å²) in [5, 5.41) is 16.9. The highest BCUT2D eigenvalue weighted by Crippen LogP contribution is 2.34. The molecule has 9 heteroatoms. The Kier molecular flexibility index (Phi) is 10.5. The van der Waals surface area contributed by atoms with Crippen LogP contribution < -0.4 is 4.90 Å². The van der Waals surface area contributed by atoms with Gasteiger partial charge in [0.15, 0.2) is 0 Å². The van der Waals surface area contributed by atoms with E-state index in [9.17, 15) is 4.79 Å². The molecule has 33 heavy (non-hydrogen) atoms. The second-order valence-electron chi connectivity index (χ2n) is 7.86. The molecule has 3 rings (SSSR count). The maximum Gasteiger partial charge on any atom is 0.414 e. The summed E-state index contributed by atoms with van der Waals surface area (Å²) in [6, 6.07) is 14.4. The van der Waals surface area contributed by atoms with E-state index in [1.165, 1.54) is 4.88 Å². The highest BCUT2D eigenvalue weighted by Gasteiger charge is 2.42. The van der Waals surface area contributed by atoms with Crippen LogP contribution >= 0.6 is 11.3 Å². The fourth-order valence-corrected chi connectivity index (χ4v) is 4.73. The summed E-state index contributed by atoms with van der Waals surface area (Å²) in [6.45, 7) is 5.59. The van der Waals surface area contributed by atoms with Crippen LogP contribution in [0.1, 0.15) is 31.1 Å². The van der Waals surface area contributed by atoms with Crippen LogP contribution in [-0.2, 0) is 25.5 Å². The van der Waals surface area contributed by atoms with Crippen LogP contribution in [0.4, 0.5) is 5.69 Å². The zero-order valence-corrected chi connectivity index (χ0v) is 19.9. The number of anilines is 1. The molecule has 1 aromatic heterocycles. The lowest BCUT2D eigenvalue weighted by Gasteiger charge is -2.48. The zero-order valence-electron chi connectivity index (χ0n) is 19.1. The number of hydrogen-bond donors (Lipinski definition) is 2. The summed E-state index contributed by atoms with van der Waals surface area (Å²) in [7, 11) is 1.74. The van der Waals surface area contributed by atoms with Gasteiger partial charge in [-0.2, -0.15) is 0 Å². The minimum atomic E-state index is -1.82. The quantitative estimate of drug-likeness (QED) is 0.563. The summed E-state index contributed by atoms with van der Waals surface area (Å²) in [5.74, 6) is -3.48. The summed E-state index contributed by atoms with van der Waals surface area (Å²) < 4.78 is 5.63. The molecule has 1 aliphatic heterocycles. The van der Waals surface area contributed by atoms with Gasteiger partial charge in [0.25, 0.3) is 0 Å². The lowest BCUT2D eigenvalue weighted by atomic mass is 9.85. The number of thiophene rings is 1. The minimum absolute atomic E-state index is 0.172. The molecule has 1 amide bonds. The number of carboxylic acid groups (broad SMARTS) is 2. The van der Waals surface area contributed by atoms with Gasteiger partial charge in [0, 0.05) is 43.7 Å². The van der Waals surface area contributed by atoms with Crippen molar-refractivity contribution in [3.8, 4) is 0 Å². The van der Waals surface area contributed by atoms with Crippen LogP contribution in [0.15, 0.2) is 47.8 Å². The summed E-state index contributed by atoms with van der Waals surface area (Å²) in [4.78, 5) is 37.1. The van der Waals surface area contributed by atoms with Crippen molar-refractivity contribution in [2.24, 2.45) is 0 Å². The number of amides is 1. The highest BCUT2D eigenvalue weighted by atomic mass is 32.1. The fourth-order valence-electron chi connectivity index (χ4n) is 4.03.